The topological polar surface area (TPSA) is 78.9 Å². The lowest BCUT2D eigenvalue weighted by atomic mass is 10.1. The third-order valence-electron chi connectivity index (χ3n) is 2.71. The fraction of sp³-hybridized carbons (Fsp3) is 0.462. The summed E-state index contributed by atoms with van der Waals surface area (Å²) in [7, 11) is 1.16. The fourth-order valence-corrected chi connectivity index (χ4v) is 2.22. The number of ether oxygens (including phenoxy) is 3. The van der Waals surface area contributed by atoms with Crippen LogP contribution in [0.15, 0.2) is 12.1 Å². The Labute approximate surface area is 118 Å². The van der Waals surface area contributed by atoms with Gasteiger partial charge in [-0.3, -0.25) is 4.79 Å². The van der Waals surface area contributed by atoms with E-state index in [9.17, 15) is 13.2 Å². The first-order valence-electron chi connectivity index (χ1n) is 5.83. The summed E-state index contributed by atoms with van der Waals surface area (Å²) in [6.45, 7) is 0. The summed E-state index contributed by atoms with van der Waals surface area (Å²) in [6.07, 6.45) is 0.983. The number of methoxy groups -OCH3 is 3. The van der Waals surface area contributed by atoms with Gasteiger partial charge in [-0.15, -0.1) is 0 Å². The van der Waals surface area contributed by atoms with Gasteiger partial charge in [-0.1, -0.05) is 0 Å². The highest BCUT2D eigenvalue weighted by molar-refractivity contribution is 7.90. The van der Waals surface area contributed by atoms with Crippen molar-refractivity contribution in [3.05, 3.63) is 17.7 Å². The molecule has 112 valence electrons. The van der Waals surface area contributed by atoms with Crippen molar-refractivity contribution in [3.63, 3.8) is 0 Å². The third kappa shape index (κ3) is 4.12. The molecule has 0 fully saturated rings. The minimum absolute atomic E-state index is 0.106. The van der Waals surface area contributed by atoms with Crippen LogP contribution >= 0.6 is 0 Å². The maximum Gasteiger partial charge on any atom is 0.167 e. The van der Waals surface area contributed by atoms with Gasteiger partial charge in [0.2, 0.25) is 0 Å². The molecule has 7 heteroatoms. The van der Waals surface area contributed by atoms with E-state index in [-0.39, 0.29) is 23.5 Å². The predicted octanol–water partition coefficient (Wildman–Crippen LogP) is 1.33. The fourth-order valence-electron chi connectivity index (χ4n) is 1.66. The minimum atomic E-state index is -3.19. The minimum Gasteiger partial charge on any atom is -0.496 e. The highest BCUT2D eigenvalue weighted by atomic mass is 32.2. The molecule has 20 heavy (non-hydrogen) atoms. The number of Topliss-reactive ketones (excluding diaryl/α,β-unsaturated/α-hetero) is 1. The Balaban J connectivity index is 3.12. The molecule has 0 atom stereocenters. The van der Waals surface area contributed by atoms with Crippen LogP contribution in [0, 0.1) is 0 Å². The summed E-state index contributed by atoms with van der Waals surface area (Å²) < 4.78 is 37.6. The second-order valence-corrected chi connectivity index (χ2v) is 6.47. The van der Waals surface area contributed by atoms with Crippen LogP contribution in [-0.2, 0) is 9.84 Å². The van der Waals surface area contributed by atoms with Crippen LogP contribution in [0.5, 0.6) is 17.2 Å². The van der Waals surface area contributed by atoms with Crippen LogP contribution in [0.3, 0.4) is 0 Å². The number of carbonyl (C=O) groups is 1. The van der Waals surface area contributed by atoms with Gasteiger partial charge in [-0.05, 0) is 6.07 Å². The lowest BCUT2D eigenvalue weighted by molar-refractivity contribution is 0.0985. The Bertz CT molecular complexity index is 591. The second-order valence-electron chi connectivity index (χ2n) is 4.21. The molecule has 0 bridgehead atoms. The van der Waals surface area contributed by atoms with Crippen molar-refractivity contribution in [2.45, 2.75) is 6.42 Å². The number of sulfone groups is 1. The van der Waals surface area contributed by atoms with E-state index in [0.29, 0.717) is 17.2 Å². The molecule has 0 saturated heterocycles. The van der Waals surface area contributed by atoms with Gasteiger partial charge in [0.05, 0.1) is 32.6 Å². The average molecular weight is 302 g/mol. The van der Waals surface area contributed by atoms with Crippen LogP contribution in [0.4, 0.5) is 0 Å². The Morgan fingerprint density at radius 1 is 1.00 bits per heavy atom. The van der Waals surface area contributed by atoms with Crippen molar-refractivity contribution < 1.29 is 27.4 Å². The van der Waals surface area contributed by atoms with E-state index in [1.807, 2.05) is 0 Å². The summed E-state index contributed by atoms with van der Waals surface area (Å²) in [5.74, 6) is 0.609. The van der Waals surface area contributed by atoms with Crippen molar-refractivity contribution >= 4 is 15.6 Å². The molecule has 1 aromatic rings. The molecule has 0 saturated carbocycles. The molecule has 0 radical (unpaired) electrons. The van der Waals surface area contributed by atoms with Crippen molar-refractivity contribution in [1.29, 1.82) is 0 Å². The quantitative estimate of drug-likeness (QED) is 0.707. The second kappa shape index (κ2) is 6.60. The number of rotatable bonds is 7. The molecule has 1 aromatic carbocycles. The van der Waals surface area contributed by atoms with Gasteiger partial charge in [-0.2, -0.15) is 0 Å². The van der Waals surface area contributed by atoms with Gasteiger partial charge in [0.15, 0.2) is 17.3 Å². The standard InChI is InChI=1S/C13H18O6S/c1-17-11-8-13(19-3)12(18-2)7-9(11)10(14)5-6-20(4,15)16/h7-8H,5-6H2,1-4H3. The molecule has 0 heterocycles. The predicted molar refractivity (Wildman–Crippen MR) is 74.8 cm³/mol. The van der Waals surface area contributed by atoms with Gasteiger partial charge in [-0.25, -0.2) is 8.42 Å². The molecular formula is C13H18O6S. The lowest BCUT2D eigenvalue weighted by Gasteiger charge is -2.13. The lowest BCUT2D eigenvalue weighted by Crippen LogP contribution is -2.11. The molecule has 0 amide bonds. The molecule has 0 aliphatic heterocycles. The van der Waals surface area contributed by atoms with E-state index in [4.69, 9.17) is 14.2 Å². The maximum atomic E-state index is 12.1. The van der Waals surface area contributed by atoms with Crippen molar-refractivity contribution in [2.75, 3.05) is 33.3 Å². The monoisotopic (exact) mass is 302 g/mol. The van der Waals surface area contributed by atoms with E-state index in [0.717, 1.165) is 6.26 Å². The third-order valence-corrected chi connectivity index (χ3v) is 3.65. The highest BCUT2D eigenvalue weighted by Gasteiger charge is 2.18. The van der Waals surface area contributed by atoms with E-state index in [1.165, 1.54) is 33.5 Å². The SMILES string of the molecule is COc1cc(OC)c(C(=O)CCS(C)(=O)=O)cc1OC. The molecule has 0 spiro atoms. The Morgan fingerprint density at radius 3 is 1.95 bits per heavy atom. The van der Waals surface area contributed by atoms with Crippen molar-refractivity contribution in [1.82, 2.24) is 0 Å². The number of ketones is 1. The molecule has 0 aliphatic carbocycles. The summed E-state index contributed by atoms with van der Waals surface area (Å²) in [6, 6.07) is 3.02. The molecule has 6 nitrogen and oxygen atoms in total. The summed E-state index contributed by atoms with van der Waals surface area (Å²) in [4.78, 5) is 12.1. The van der Waals surface area contributed by atoms with Gasteiger partial charge in [0.25, 0.3) is 0 Å². The molecule has 1 rings (SSSR count). The average Bonchev–Trinajstić information content (AvgIpc) is 2.42. The molecule has 0 aliphatic rings. The number of hydrogen-bond donors (Lipinski definition) is 0. The van der Waals surface area contributed by atoms with Crippen LogP contribution in [0.1, 0.15) is 16.8 Å². The normalized spacial score (nSPS) is 11.0. The first-order valence-corrected chi connectivity index (χ1v) is 7.89. The van der Waals surface area contributed by atoms with E-state index >= 15 is 0 Å². The zero-order chi connectivity index (χ0) is 15.3. The molecule has 0 N–H and O–H groups in total. The Hall–Kier alpha value is -1.76. The number of hydrogen-bond acceptors (Lipinski definition) is 6. The van der Waals surface area contributed by atoms with Crippen LogP contribution in [-0.4, -0.2) is 47.5 Å². The van der Waals surface area contributed by atoms with E-state index < -0.39 is 9.84 Å². The molecule has 0 aromatic heterocycles. The highest BCUT2D eigenvalue weighted by Crippen LogP contribution is 2.35. The van der Waals surface area contributed by atoms with Crippen LogP contribution in [0.2, 0.25) is 0 Å². The van der Waals surface area contributed by atoms with Gasteiger partial charge in [0, 0.05) is 18.7 Å². The van der Waals surface area contributed by atoms with E-state index in [1.54, 1.807) is 0 Å². The van der Waals surface area contributed by atoms with Crippen molar-refractivity contribution in [2.24, 2.45) is 0 Å². The van der Waals surface area contributed by atoms with Crippen LogP contribution < -0.4 is 14.2 Å². The largest absolute Gasteiger partial charge is 0.496 e. The number of benzene rings is 1. The number of carbonyl (C=O) groups excluding carboxylic acids is 1. The van der Waals surface area contributed by atoms with Gasteiger partial charge >= 0.3 is 0 Å². The smallest absolute Gasteiger partial charge is 0.167 e. The molecular weight excluding hydrogens is 284 g/mol. The first-order chi connectivity index (χ1) is 9.32. The summed E-state index contributed by atoms with van der Waals surface area (Å²) in [5.41, 5.74) is 0.272. The summed E-state index contributed by atoms with van der Waals surface area (Å²) in [5, 5.41) is 0. The van der Waals surface area contributed by atoms with E-state index in [2.05, 4.69) is 0 Å². The zero-order valence-corrected chi connectivity index (χ0v) is 12.7. The Morgan fingerprint density at radius 2 is 1.50 bits per heavy atom. The maximum absolute atomic E-state index is 12.1. The van der Waals surface area contributed by atoms with Crippen molar-refractivity contribution in [3.8, 4) is 17.2 Å². The van der Waals surface area contributed by atoms with Gasteiger partial charge in [0.1, 0.15) is 15.6 Å². The zero-order valence-electron chi connectivity index (χ0n) is 11.9. The summed E-state index contributed by atoms with van der Waals surface area (Å²) >= 11 is 0. The Kier molecular flexibility index (Phi) is 5.38. The van der Waals surface area contributed by atoms with Crippen LogP contribution in [0.25, 0.3) is 0 Å². The first kappa shape index (κ1) is 16.3. The van der Waals surface area contributed by atoms with Gasteiger partial charge < -0.3 is 14.2 Å². The molecule has 0 unspecified atom stereocenters.